The van der Waals surface area contributed by atoms with E-state index < -0.39 is 0 Å². The van der Waals surface area contributed by atoms with Gasteiger partial charge in [-0.05, 0) is 54.6 Å². The third-order valence-corrected chi connectivity index (χ3v) is 5.54. The Balaban J connectivity index is 1.40. The summed E-state index contributed by atoms with van der Waals surface area (Å²) in [6, 6.07) is 19.6. The van der Waals surface area contributed by atoms with Gasteiger partial charge in [-0.1, -0.05) is 35.3 Å². The molecule has 3 heterocycles. The van der Waals surface area contributed by atoms with E-state index in [0.29, 0.717) is 32.8 Å². The molecule has 156 valence electrons. The lowest BCUT2D eigenvalue weighted by Gasteiger charge is -2.08. The number of aromatic nitrogens is 5. The van der Waals surface area contributed by atoms with Crippen LogP contribution >= 0.6 is 23.2 Å². The van der Waals surface area contributed by atoms with E-state index in [1.54, 1.807) is 29.0 Å². The Kier molecular flexibility index (Phi) is 5.26. The zero-order valence-electron chi connectivity index (χ0n) is 16.4. The van der Waals surface area contributed by atoms with E-state index in [1.807, 2.05) is 48.5 Å². The molecule has 0 saturated carbocycles. The second-order valence-corrected chi connectivity index (χ2v) is 7.73. The number of nitrogens with zero attached hydrogens (tertiary/aromatic N) is 5. The van der Waals surface area contributed by atoms with Crippen LogP contribution in [0.3, 0.4) is 0 Å². The zero-order valence-corrected chi connectivity index (χ0v) is 17.9. The fourth-order valence-corrected chi connectivity index (χ4v) is 3.48. The van der Waals surface area contributed by atoms with Gasteiger partial charge in [-0.25, -0.2) is 0 Å². The Morgan fingerprint density at radius 2 is 1.72 bits per heavy atom. The number of hydrogen-bond donors (Lipinski definition) is 1. The standard InChI is InChI=1S/C23H14Cl2N6O/c24-18-8-5-15(12-19(18)25)23(32)27-17-6-3-14(4-7-17)20-9-10-21-28-29-22(31(21)30-20)16-2-1-11-26-13-16/h1-13H,(H,27,32). The third kappa shape index (κ3) is 3.91. The number of nitrogens with one attached hydrogen (secondary N) is 1. The van der Waals surface area contributed by atoms with E-state index in [0.717, 1.165) is 16.8 Å². The number of benzene rings is 2. The lowest BCUT2D eigenvalue weighted by molar-refractivity contribution is 0.102. The molecule has 0 spiro atoms. The zero-order chi connectivity index (χ0) is 22.1. The highest BCUT2D eigenvalue weighted by Gasteiger charge is 2.12. The minimum Gasteiger partial charge on any atom is -0.322 e. The van der Waals surface area contributed by atoms with E-state index >= 15 is 0 Å². The maximum Gasteiger partial charge on any atom is 0.255 e. The summed E-state index contributed by atoms with van der Waals surface area (Å²) in [5.74, 6) is 0.335. The first-order valence-corrected chi connectivity index (χ1v) is 10.3. The van der Waals surface area contributed by atoms with Crippen LogP contribution in [0.15, 0.2) is 79.1 Å². The predicted octanol–water partition coefficient (Wildman–Crippen LogP) is 5.41. The molecule has 1 amide bonds. The summed E-state index contributed by atoms with van der Waals surface area (Å²) >= 11 is 11.9. The molecule has 7 nitrogen and oxygen atoms in total. The number of carbonyl (C=O) groups excluding carboxylic acids is 1. The molecule has 3 aromatic heterocycles. The Labute approximate surface area is 192 Å². The average molecular weight is 461 g/mol. The van der Waals surface area contributed by atoms with Crippen molar-refractivity contribution in [3.8, 4) is 22.6 Å². The van der Waals surface area contributed by atoms with Crippen LogP contribution in [0.2, 0.25) is 10.0 Å². The summed E-state index contributed by atoms with van der Waals surface area (Å²) in [6.45, 7) is 0. The molecule has 0 saturated heterocycles. The minimum atomic E-state index is -0.276. The smallest absolute Gasteiger partial charge is 0.255 e. The minimum absolute atomic E-state index is 0.276. The molecule has 5 aromatic rings. The highest BCUT2D eigenvalue weighted by Crippen LogP contribution is 2.25. The van der Waals surface area contributed by atoms with Crippen LogP contribution in [0.5, 0.6) is 0 Å². The summed E-state index contributed by atoms with van der Waals surface area (Å²) in [5.41, 5.74) is 4.15. The van der Waals surface area contributed by atoms with Gasteiger partial charge >= 0.3 is 0 Å². The van der Waals surface area contributed by atoms with Gasteiger partial charge in [0.25, 0.3) is 5.91 Å². The van der Waals surface area contributed by atoms with E-state index in [1.165, 1.54) is 6.07 Å². The van der Waals surface area contributed by atoms with Crippen molar-refractivity contribution in [2.24, 2.45) is 0 Å². The number of amides is 1. The van der Waals surface area contributed by atoms with E-state index in [2.05, 4.69) is 25.6 Å². The Bertz CT molecular complexity index is 1430. The molecular formula is C23H14Cl2N6O. The van der Waals surface area contributed by atoms with Crippen molar-refractivity contribution in [3.63, 3.8) is 0 Å². The average Bonchev–Trinajstić information content (AvgIpc) is 3.25. The summed E-state index contributed by atoms with van der Waals surface area (Å²) in [4.78, 5) is 16.6. The molecule has 0 aliphatic rings. The molecule has 0 aliphatic heterocycles. The Morgan fingerprint density at radius 3 is 2.47 bits per heavy atom. The SMILES string of the molecule is O=C(Nc1ccc(-c2ccc3nnc(-c4cccnc4)n3n2)cc1)c1ccc(Cl)c(Cl)c1. The van der Waals surface area contributed by atoms with Gasteiger partial charge in [-0.2, -0.15) is 9.61 Å². The predicted molar refractivity (Wildman–Crippen MR) is 124 cm³/mol. The van der Waals surface area contributed by atoms with Crippen LogP contribution in [0.1, 0.15) is 10.4 Å². The van der Waals surface area contributed by atoms with E-state index in [-0.39, 0.29) is 5.91 Å². The van der Waals surface area contributed by atoms with E-state index in [4.69, 9.17) is 23.2 Å². The van der Waals surface area contributed by atoms with Crippen LogP contribution in [0.25, 0.3) is 28.3 Å². The van der Waals surface area contributed by atoms with Crippen molar-refractivity contribution < 1.29 is 4.79 Å². The number of pyridine rings is 1. The second-order valence-electron chi connectivity index (χ2n) is 6.91. The van der Waals surface area contributed by atoms with Gasteiger partial charge in [-0.3, -0.25) is 9.78 Å². The van der Waals surface area contributed by atoms with Crippen LogP contribution in [0, 0.1) is 0 Å². The van der Waals surface area contributed by atoms with Crippen LogP contribution in [-0.2, 0) is 0 Å². The first-order chi connectivity index (χ1) is 15.6. The Morgan fingerprint density at radius 1 is 0.875 bits per heavy atom. The van der Waals surface area contributed by atoms with Crippen molar-refractivity contribution in [2.75, 3.05) is 5.32 Å². The molecule has 5 rings (SSSR count). The molecule has 0 fully saturated rings. The van der Waals surface area contributed by atoms with Gasteiger partial charge in [0.15, 0.2) is 11.5 Å². The molecule has 9 heteroatoms. The van der Waals surface area contributed by atoms with Gasteiger partial charge in [0, 0.05) is 34.8 Å². The molecule has 0 atom stereocenters. The highest BCUT2D eigenvalue weighted by molar-refractivity contribution is 6.42. The molecule has 0 bridgehead atoms. The van der Waals surface area contributed by atoms with Crippen LogP contribution in [-0.4, -0.2) is 30.7 Å². The van der Waals surface area contributed by atoms with Gasteiger partial charge < -0.3 is 5.32 Å². The molecule has 0 aliphatic carbocycles. The lowest BCUT2D eigenvalue weighted by Crippen LogP contribution is -2.11. The van der Waals surface area contributed by atoms with Gasteiger partial charge in [0.05, 0.1) is 15.7 Å². The molecule has 0 radical (unpaired) electrons. The number of rotatable bonds is 4. The molecular weight excluding hydrogens is 447 g/mol. The number of carbonyl (C=O) groups is 1. The van der Waals surface area contributed by atoms with Crippen molar-refractivity contribution in [1.82, 2.24) is 24.8 Å². The van der Waals surface area contributed by atoms with E-state index in [9.17, 15) is 4.79 Å². The van der Waals surface area contributed by atoms with Crippen molar-refractivity contribution >= 4 is 40.4 Å². The van der Waals surface area contributed by atoms with Crippen molar-refractivity contribution in [2.45, 2.75) is 0 Å². The quantitative estimate of drug-likeness (QED) is 0.387. The summed E-state index contributed by atoms with van der Waals surface area (Å²) in [7, 11) is 0. The largest absolute Gasteiger partial charge is 0.322 e. The van der Waals surface area contributed by atoms with Gasteiger partial charge in [0.2, 0.25) is 0 Å². The van der Waals surface area contributed by atoms with Gasteiger partial charge in [-0.15, -0.1) is 10.2 Å². The number of halogens is 2. The third-order valence-electron chi connectivity index (χ3n) is 4.80. The second kappa shape index (κ2) is 8.37. The normalized spacial score (nSPS) is 10.9. The molecule has 1 N–H and O–H groups in total. The molecule has 32 heavy (non-hydrogen) atoms. The highest BCUT2D eigenvalue weighted by atomic mass is 35.5. The number of fused-ring (bicyclic) bond motifs is 1. The molecule has 2 aromatic carbocycles. The Hall–Kier alpha value is -3.81. The number of anilines is 1. The topological polar surface area (TPSA) is 85.1 Å². The van der Waals surface area contributed by atoms with Crippen molar-refractivity contribution in [3.05, 3.63) is 94.7 Å². The monoisotopic (exact) mass is 460 g/mol. The fourth-order valence-electron chi connectivity index (χ4n) is 3.18. The lowest BCUT2D eigenvalue weighted by atomic mass is 10.1. The summed E-state index contributed by atoms with van der Waals surface area (Å²) in [5, 5.41) is 16.7. The summed E-state index contributed by atoms with van der Waals surface area (Å²) in [6.07, 6.45) is 3.42. The maximum atomic E-state index is 12.5. The first-order valence-electron chi connectivity index (χ1n) is 9.58. The number of hydrogen-bond acceptors (Lipinski definition) is 5. The van der Waals surface area contributed by atoms with Crippen molar-refractivity contribution in [1.29, 1.82) is 0 Å². The maximum absolute atomic E-state index is 12.5. The van der Waals surface area contributed by atoms with Crippen LogP contribution < -0.4 is 5.32 Å². The van der Waals surface area contributed by atoms with Gasteiger partial charge in [0.1, 0.15) is 0 Å². The first kappa shape index (κ1) is 20.1. The molecule has 0 unspecified atom stereocenters. The fraction of sp³-hybridized carbons (Fsp3) is 0. The summed E-state index contributed by atoms with van der Waals surface area (Å²) < 4.78 is 1.69. The van der Waals surface area contributed by atoms with Crippen LogP contribution in [0.4, 0.5) is 5.69 Å².